The Labute approximate surface area is 166 Å². The van der Waals surface area contributed by atoms with Crippen LogP contribution in [0.3, 0.4) is 0 Å². The van der Waals surface area contributed by atoms with Crippen molar-refractivity contribution >= 4 is 12.4 Å². The molecule has 3 N–H and O–H groups in total. The molecule has 0 fully saturated rings. The Bertz CT molecular complexity index is 907. The quantitative estimate of drug-likeness (QED) is 0.406. The molecule has 0 saturated heterocycles. The molecule has 29 heavy (non-hydrogen) atoms. The van der Waals surface area contributed by atoms with Crippen LogP contribution in [0.5, 0.6) is 0 Å². The van der Waals surface area contributed by atoms with Gasteiger partial charge in [-0.1, -0.05) is 6.07 Å². The number of carbonyl (C=O) groups excluding carboxylic acids is 1. The molecule has 0 unspecified atom stereocenters. The Morgan fingerprint density at radius 2 is 2.07 bits per heavy atom. The number of pyridine rings is 1. The summed E-state index contributed by atoms with van der Waals surface area (Å²) in [5, 5.41) is 11.5. The molecule has 3 aromatic rings. The smallest absolute Gasteiger partial charge is 0.290 e. The first-order chi connectivity index (χ1) is 14.1. The zero-order chi connectivity index (χ0) is 21.1. The number of hydrogen-bond acceptors (Lipinski definition) is 7. The van der Waals surface area contributed by atoms with Gasteiger partial charge < -0.3 is 24.7 Å². The lowest BCUT2D eigenvalue weighted by Gasteiger charge is -2.03. The first-order valence-electron chi connectivity index (χ1n) is 8.63. The molecule has 0 aliphatic rings. The van der Waals surface area contributed by atoms with Crippen LogP contribution in [0.15, 0.2) is 47.3 Å². The molecule has 0 spiro atoms. The highest BCUT2D eigenvalue weighted by molar-refractivity contribution is 5.98. The Balaban J connectivity index is 0.000000941. The van der Waals surface area contributed by atoms with Crippen LogP contribution in [0, 0.1) is 0 Å². The molecule has 10 heteroatoms. The predicted octanol–water partition coefficient (Wildman–Crippen LogP) is 1.67. The second kappa shape index (κ2) is 11.4. The Hall–Kier alpha value is -3.50. The van der Waals surface area contributed by atoms with Crippen LogP contribution in [-0.2, 0) is 20.8 Å². The summed E-state index contributed by atoms with van der Waals surface area (Å²) < 4.78 is 17.4. The average molecular weight is 402 g/mol. The first kappa shape index (κ1) is 21.8. The maximum Gasteiger partial charge on any atom is 0.290 e. The van der Waals surface area contributed by atoms with E-state index in [0.29, 0.717) is 43.3 Å². The normalized spacial score (nSPS) is 10.2. The van der Waals surface area contributed by atoms with E-state index < -0.39 is 5.91 Å². The molecule has 3 heterocycles. The van der Waals surface area contributed by atoms with Gasteiger partial charge >= 0.3 is 0 Å². The summed E-state index contributed by atoms with van der Waals surface area (Å²) in [5.41, 5.74) is 8.06. The monoisotopic (exact) mass is 402 g/mol. The molecule has 0 aromatic carbocycles. The molecule has 10 nitrogen and oxygen atoms in total. The minimum absolute atomic E-state index is 0.0954. The number of carbonyl (C=O) groups is 2. The molecule has 1 amide bonds. The Morgan fingerprint density at radius 1 is 1.28 bits per heavy atom. The number of methoxy groups -OCH3 is 1. The zero-order valence-electron chi connectivity index (χ0n) is 15.9. The maximum absolute atomic E-state index is 11.6. The van der Waals surface area contributed by atoms with Gasteiger partial charge in [0.1, 0.15) is 5.69 Å². The summed E-state index contributed by atoms with van der Waals surface area (Å²) >= 11 is 0. The van der Waals surface area contributed by atoms with Gasteiger partial charge in [0, 0.05) is 30.6 Å². The third-order valence-electron chi connectivity index (χ3n) is 3.74. The van der Waals surface area contributed by atoms with E-state index in [1.807, 2.05) is 24.4 Å². The molecule has 3 rings (SSSR count). The maximum atomic E-state index is 11.6. The number of ether oxygens (including phenoxy) is 2. The van der Waals surface area contributed by atoms with Crippen molar-refractivity contribution in [3.8, 4) is 22.5 Å². The van der Waals surface area contributed by atoms with Crippen LogP contribution in [0.25, 0.3) is 22.5 Å². The van der Waals surface area contributed by atoms with E-state index in [-0.39, 0.29) is 12.2 Å². The second-order valence-electron chi connectivity index (χ2n) is 5.61. The number of primary amides is 1. The van der Waals surface area contributed by atoms with Crippen molar-refractivity contribution in [3.63, 3.8) is 0 Å². The molecule has 3 aromatic heterocycles. The zero-order valence-corrected chi connectivity index (χ0v) is 15.9. The van der Waals surface area contributed by atoms with Crippen LogP contribution >= 0.6 is 0 Å². The summed E-state index contributed by atoms with van der Waals surface area (Å²) in [4.78, 5) is 24.4. The number of rotatable bonds is 9. The highest BCUT2D eigenvalue weighted by atomic mass is 16.5. The fraction of sp³-hybridized carbons (Fsp3) is 0.263. The standard InChI is InChI=1S/C18H20N4O4.CH2O2/c1-24-10-11-25-9-7-22-12-14(13-5-8-26-17(13)18(19)23)16(21-22)15-4-2-3-6-20-15;2-1-3/h2-6,8,12H,7,9-11H2,1H3,(H2,19,23);1H,(H,2,3). The van der Waals surface area contributed by atoms with Crippen molar-refractivity contribution in [1.82, 2.24) is 14.8 Å². The SMILES string of the molecule is COCCOCCn1cc(-c2ccoc2C(N)=O)c(-c2ccccn2)n1.O=CO. The van der Waals surface area contributed by atoms with E-state index in [0.717, 1.165) is 5.56 Å². The van der Waals surface area contributed by atoms with Crippen molar-refractivity contribution in [1.29, 1.82) is 0 Å². The molecule has 0 aliphatic carbocycles. The minimum atomic E-state index is -0.632. The molecular formula is C19H22N4O6. The molecule has 0 radical (unpaired) electrons. The van der Waals surface area contributed by atoms with Gasteiger partial charge in [0.05, 0.1) is 38.3 Å². The number of nitrogens with two attached hydrogens (primary N) is 1. The number of carboxylic acid groups (broad SMARTS) is 1. The van der Waals surface area contributed by atoms with Gasteiger partial charge in [0.2, 0.25) is 0 Å². The molecule has 0 saturated carbocycles. The summed E-state index contributed by atoms with van der Waals surface area (Å²) in [7, 11) is 1.63. The number of aromatic nitrogens is 3. The van der Waals surface area contributed by atoms with Crippen molar-refractivity contribution < 1.29 is 28.6 Å². The van der Waals surface area contributed by atoms with E-state index in [1.165, 1.54) is 6.26 Å². The summed E-state index contributed by atoms with van der Waals surface area (Å²) in [6, 6.07) is 7.26. The predicted molar refractivity (Wildman–Crippen MR) is 103 cm³/mol. The molecule has 0 atom stereocenters. The van der Waals surface area contributed by atoms with Gasteiger partial charge in [-0.2, -0.15) is 5.10 Å². The Morgan fingerprint density at radius 3 is 2.72 bits per heavy atom. The van der Waals surface area contributed by atoms with Gasteiger partial charge in [0.15, 0.2) is 5.76 Å². The van der Waals surface area contributed by atoms with Gasteiger partial charge in [-0.15, -0.1) is 0 Å². The van der Waals surface area contributed by atoms with E-state index in [9.17, 15) is 4.79 Å². The number of amides is 1. The van der Waals surface area contributed by atoms with Crippen molar-refractivity contribution in [3.05, 3.63) is 48.7 Å². The van der Waals surface area contributed by atoms with Crippen molar-refractivity contribution in [2.24, 2.45) is 5.73 Å². The van der Waals surface area contributed by atoms with Crippen LogP contribution in [0.1, 0.15) is 10.6 Å². The van der Waals surface area contributed by atoms with Gasteiger partial charge in [-0.3, -0.25) is 19.3 Å². The van der Waals surface area contributed by atoms with Crippen LogP contribution in [-0.4, -0.2) is 59.2 Å². The van der Waals surface area contributed by atoms with Gasteiger partial charge in [0.25, 0.3) is 12.4 Å². The first-order valence-corrected chi connectivity index (χ1v) is 8.63. The fourth-order valence-corrected chi connectivity index (χ4v) is 2.54. The lowest BCUT2D eigenvalue weighted by Crippen LogP contribution is -2.10. The number of hydrogen-bond donors (Lipinski definition) is 2. The minimum Gasteiger partial charge on any atom is -0.483 e. The largest absolute Gasteiger partial charge is 0.483 e. The average Bonchev–Trinajstić information content (AvgIpc) is 3.36. The van der Waals surface area contributed by atoms with Crippen LogP contribution in [0.2, 0.25) is 0 Å². The van der Waals surface area contributed by atoms with E-state index in [2.05, 4.69) is 10.1 Å². The van der Waals surface area contributed by atoms with E-state index >= 15 is 0 Å². The van der Waals surface area contributed by atoms with Gasteiger partial charge in [-0.25, -0.2) is 0 Å². The third kappa shape index (κ3) is 5.99. The lowest BCUT2D eigenvalue weighted by molar-refractivity contribution is -0.122. The summed E-state index contributed by atoms with van der Waals surface area (Å²) in [6.07, 6.45) is 4.96. The molecule has 154 valence electrons. The Kier molecular flexibility index (Phi) is 8.54. The summed E-state index contributed by atoms with van der Waals surface area (Å²) in [5.74, 6) is -0.536. The highest BCUT2D eigenvalue weighted by Gasteiger charge is 2.21. The molecule has 0 bridgehead atoms. The highest BCUT2D eigenvalue weighted by Crippen LogP contribution is 2.32. The van der Waals surface area contributed by atoms with Crippen molar-refractivity contribution in [2.45, 2.75) is 6.54 Å². The number of nitrogens with zero attached hydrogens (tertiary/aromatic N) is 3. The van der Waals surface area contributed by atoms with E-state index in [1.54, 1.807) is 24.1 Å². The van der Waals surface area contributed by atoms with Crippen LogP contribution < -0.4 is 5.73 Å². The molecule has 0 aliphatic heterocycles. The third-order valence-corrected chi connectivity index (χ3v) is 3.74. The van der Waals surface area contributed by atoms with Gasteiger partial charge in [-0.05, 0) is 18.2 Å². The fourth-order valence-electron chi connectivity index (χ4n) is 2.54. The second-order valence-corrected chi connectivity index (χ2v) is 5.61. The summed E-state index contributed by atoms with van der Waals surface area (Å²) in [6.45, 7) is 1.85. The number of furan rings is 1. The van der Waals surface area contributed by atoms with Crippen molar-refractivity contribution in [2.75, 3.05) is 26.9 Å². The lowest BCUT2D eigenvalue weighted by atomic mass is 10.0. The van der Waals surface area contributed by atoms with Crippen LogP contribution in [0.4, 0.5) is 0 Å². The topological polar surface area (TPSA) is 143 Å². The van der Waals surface area contributed by atoms with E-state index in [4.69, 9.17) is 29.5 Å². The molecular weight excluding hydrogens is 380 g/mol.